The Balaban J connectivity index is 3.02. The average molecular weight is 253 g/mol. The van der Waals surface area contributed by atoms with Gasteiger partial charge in [0.2, 0.25) is 0 Å². The molecule has 4 nitrogen and oxygen atoms in total. The first-order chi connectivity index (χ1) is 7.62. The number of rotatable bonds is 4. The fourth-order valence-electron chi connectivity index (χ4n) is 1.75. The summed E-state index contributed by atoms with van der Waals surface area (Å²) in [6.07, 6.45) is 1.57. The highest BCUT2D eigenvalue weighted by Crippen LogP contribution is 2.26. The molecule has 0 saturated carbocycles. The Morgan fingerprint density at radius 3 is 2.35 bits per heavy atom. The Morgan fingerprint density at radius 2 is 1.88 bits per heavy atom. The topological polar surface area (TPSA) is 62.6 Å². The Bertz CT molecular complexity index is 391. The van der Waals surface area contributed by atoms with Gasteiger partial charge >= 0.3 is 7.12 Å². The van der Waals surface area contributed by atoms with Crippen molar-refractivity contribution >= 4 is 20.9 Å². The molecule has 1 aromatic heterocycles. The van der Waals surface area contributed by atoms with Crippen LogP contribution in [0.15, 0.2) is 18.3 Å². The highest BCUT2D eigenvalue weighted by Gasteiger charge is 2.30. The van der Waals surface area contributed by atoms with Gasteiger partial charge in [0.1, 0.15) is 0 Å². The van der Waals surface area contributed by atoms with Crippen molar-refractivity contribution in [1.29, 1.82) is 0 Å². The largest absolute Gasteiger partial charge is 0.488 e. The summed E-state index contributed by atoms with van der Waals surface area (Å²) in [5, 5.41) is 18.3. The van der Waals surface area contributed by atoms with Crippen LogP contribution in [0.4, 0.5) is 0 Å². The summed E-state index contributed by atoms with van der Waals surface area (Å²) >= 11 is 0. The molecule has 2 N–H and O–H groups in total. The molecule has 0 unspecified atom stereocenters. The molecule has 0 fully saturated rings. The second-order valence-corrected chi connectivity index (χ2v) is 10.0. The van der Waals surface area contributed by atoms with E-state index in [9.17, 15) is 0 Å². The average Bonchev–Trinajstić information content (AvgIpc) is 2.14. The highest BCUT2D eigenvalue weighted by molar-refractivity contribution is 6.69. The van der Waals surface area contributed by atoms with E-state index in [2.05, 4.69) is 24.6 Å². The van der Waals surface area contributed by atoms with Gasteiger partial charge in [0, 0.05) is 6.20 Å². The summed E-state index contributed by atoms with van der Waals surface area (Å²) in [6, 6.07) is 3.25. The molecule has 1 rings (SSSR count). The van der Waals surface area contributed by atoms with E-state index < -0.39 is 21.0 Å². The van der Waals surface area contributed by atoms with Crippen LogP contribution in [0.1, 0.15) is 19.5 Å². The predicted octanol–water partition coefficient (Wildman–Crippen LogP) is 0.848. The van der Waals surface area contributed by atoms with E-state index >= 15 is 0 Å². The zero-order valence-corrected chi connectivity index (χ0v) is 12.1. The maximum Gasteiger partial charge on any atom is 0.488 e. The molecule has 1 heterocycles. The fraction of sp³-hybridized carbons (Fsp3) is 0.545. The monoisotopic (exact) mass is 253 g/mol. The van der Waals surface area contributed by atoms with Gasteiger partial charge in [-0.25, -0.2) is 0 Å². The van der Waals surface area contributed by atoms with Crippen LogP contribution in [0.3, 0.4) is 0 Å². The lowest BCUT2D eigenvalue weighted by Crippen LogP contribution is -2.38. The standard InChI is InChI=1S/C11H20BNO3Si/c1-11(2,16-17(3,4)5)10-8-9(12(14)15)6-7-13-10/h6-8,14-15H,1-5H3. The molecule has 0 saturated heterocycles. The number of hydrogen-bond donors (Lipinski definition) is 2. The van der Waals surface area contributed by atoms with E-state index in [0.29, 0.717) is 11.2 Å². The Morgan fingerprint density at radius 1 is 1.29 bits per heavy atom. The smallest absolute Gasteiger partial charge is 0.423 e. The summed E-state index contributed by atoms with van der Waals surface area (Å²) in [6.45, 7) is 10.2. The van der Waals surface area contributed by atoms with Crippen molar-refractivity contribution in [1.82, 2.24) is 4.98 Å². The van der Waals surface area contributed by atoms with Crippen LogP contribution in [0.5, 0.6) is 0 Å². The number of pyridine rings is 1. The predicted molar refractivity (Wildman–Crippen MR) is 71.5 cm³/mol. The van der Waals surface area contributed by atoms with Gasteiger partial charge in [-0.05, 0) is 51.1 Å². The van der Waals surface area contributed by atoms with Crippen molar-refractivity contribution in [2.24, 2.45) is 0 Å². The first kappa shape index (κ1) is 14.4. The molecule has 17 heavy (non-hydrogen) atoms. The Labute approximate surface area is 104 Å². The fourth-order valence-corrected chi connectivity index (χ4v) is 3.39. The third-order valence-electron chi connectivity index (χ3n) is 2.26. The van der Waals surface area contributed by atoms with Crippen LogP contribution in [0.25, 0.3) is 0 Å². The first-order valence-electron chi connectivity index (χ1n) is 5.64. The molecule has 0 atom stereocenters. The van der Waals surface area contributed by atoms with Gasteiger partial charge in [0.25, 0.3) is 0 Å². The molecule has 0 aliphatic rings. The molecule has 0 spiro atoms. The zero-order chi connectivity index (χ0) is 13.3. The van der Waals surface area contributed by atoms with Gasteiger partial charge in [-0.3, -0.25) is 4.98 Å². The third-order valence-corrected chi connectivity index (χ3v) is 3.38. The van der Waals surface area contributed by atoms with Crippen LogP contribution in [0, 0.1) is 0 Å². The van der Waals surface area contributed by atoms with Crippen molar-refractivity contribution in [2.45, 2.75) is 39.1 Å². The minimum absolute atomic E-state index is 0.433. The SMILES string of the molecule is CC(C)(O[Si](C)(C)C)c1cc(B(O)O)ccn1. The molecule has 0 bridgehead atoms. The molecule has 1 aromatic rings. The van der Waals surface area contributed by atoms with Crippen molar-refractivity contribution < 1.29 is 14.5 Å². The summed E-state index contributed by atoms with van der Waals surface area (Å²) in [5.74, 6) is 0. The maximum atomic E-state index is 9.14. The number of aromatic nitrogens is 1. The minimum atomic E-state index is -1.68. The van der Waals surface area contributed by atoms with Crippen LogP contribution in [-0.4, -0.2) is 30.5 Å². The summed E-state index contributed by atoms with van der Waals surface area (Å²) in [5.41, 5.74) is 0.628. The van der Waals surface area contributed by atoms with Crippen molar-refractivity contribution in [3.63, 3.8) is 0 Å². The zero-order valence-electron chi connectivity index (χ0n) is 11.1. The van der Waals surface area contributed by atoms with E-state index in [1.165, 1.54) is 0 Å². The molecule has 0 amide bonds. The van der Waals surface area contributed by atoms with E-state index in [1.54, 1.807) is 18.3 Å². The van der Waals surface area contributed by atoms with Gasteiger partial charge in [0.15, 0.2) is 8.32 Å². The lowest BCUT2D eigenvalue weighted by molar-refractivity contribution is 0.0952. The van der Waals surface area contributed by atoms with Crippen molar-refractivity contribution in [3.05, 3.63) is 24.0 Å². The molecular weight excluding hydrogens is 233 g/mol. The molecule has 0 aliphatic carbocycles. The molecule has 0 aromatic carbocycles. The summed E-state index contributed by atoms with van der Waals surface area (Å²) < 4.78 is 6.06. The van der Waals surface area contributed by atoms with E-state index in [1.807, 2.05) is 13.8 Å². The van der Waals surface area contributed by atoms with Crippen LogP contribution in [-0.2, 0) is 10.0 Å². The van der Waals surface area contributed by atoms with Crippen LogP contribution in [0.2, 0.25) is 19.6 Å². The third kappa shape index (κ3) is 4.24. The molecule has 94 valence electrons. The molecule has 6 heteroatoms. The van der Waals surface area contributed by atoms with E-state index in [0.717, 1.165) is 0 Å². The Kier molecular flexibility index (Phi) is 4.14. The molecular formula is C11H20BNO3Si. The summed E-state index contributed by atoms with van der Waals surface area (Å²) in [7, 11) is -3.16. The van der Waals surface area contributed by atoms with E-state index in [-0.39, 0.29) is 0 Å². The van der Waals surface area contributed by atoms with Crippen molar-refractivity contribution in [2.75, 3.05) is 0 Å². The Hall–Kier alpha value is -0.688. The van der Waals surface area contributed by atoms with E-state index in [4.69, 9.17) is 14.5 Å². The van der Waals surface area contributed by atoms with Gasteiger partial charge in [-0.15, -0.1) is 0 Å². The van der Waals surface area contributed by atoms with Crippen LogP contribution < -0.4 is 5.46 Å². The number of nitrogens with zero attached hydrogens (tertiary/aromatic N) is 1. The summed E-state index contributed by atoms with van der Waals surface area (Å²) in [4.78, 5) is 4.25. The molecule has 0 radical (unpaired) electrons. The second kappa shape index (κ2) is 4.90. The minimum Gasteiger partial charge on any atom is -0.423 e. The van der Waals surface area contributed by atoms with Crippen LogP contribution >= 0.6 is 0 Å². The normalized spacial score (nSPS) is 12.6. The van der Waals surface area contributed by atoms with Gasteiger partial charge in [-0.1, -0.05) is 0 Å². The second-order valence-electron chi connectivity index (χ2n) is 5.57. The molecule has 0 aliphatic heterocycles. The maximum absolute atomic E-state index is 9.14. The first-order valence-corrected chi connectivity index (χ1v) is 9.05. The highest BCUT2D eigenvalue weighted by atomic mass is 28.4. The lowest BCUT2D eigenvalue weighted by atomic mass is 9.80. The van der Waals surface area contributed by atoms with Gasteiger partial charge < -0.3 is 14.5 Å². The van der Waals surface area contributed by atoms with Gasteiger partial charge in [-0.2, -0.15) is 0 Å². The van der Waals surface area contributed by atoms with Gasteiger partial charge in [0.05, 0.1) is 11.3 Å². The number of hydrogen-bond acceptors (Lipinski definition) is 4. The quantitative estimate of drug-likeness (QED) is 0.781. The van der Waals surface area contributed by atoms with Crippen molar-refractivity contribution in [3.8, 4) is 0 Å². The lowest BCUT2D eigenvalue weighted by Gasteiger charge is -2.32.